The van der Waals surface area contributed by atoms with Crippen LogP contribution in [0.4, 0.5) is 5.69 Å². The molecule has 0 amide bonds. The maximum atomic E-state index is 5.20. The second-order valence-electron chi connectivity index (χ2n) is 2.66. The molecule has 1 aliphatic heterocycles. The lowest BCUT2D eigenvalue weighted by atomic mass is 10.3. The van der Waals surface area contributed by atoms with E-state index in [2.05, 4.69) is 12.2 Å². The predicted molar refractivity (Wildman–Crippen MR) is 45.3 cm³/mol. The number of nitrogens with one attached hydrogen (secondary N) is 1. The third-order valence-electron chi connectivity index (χ3n) is 1.71. The van der Waals surface area contributed by atoms with Crippen molar-refractivity contribution < 1.29 is 4.74 Å². The maximum absolute atomic E-state index is 5.20. The Kier molecular flexibility index (Phi) is 1.46. The Bertz CT molecular complexity index is 270. The minimum atomic E-state index is 1.01. The van der Waals surface area contributed by atoms with Crippen molar-refractivity contribution in [3.05, 3.63) is 18.2 Å². The van der Waals surface area contributed by atoms with Crippen molar-refractivity contribution in [2.45, 2.75) is 13.3 Å². The predicted octanol–water partition coefficient (Wildman–Crippen LogP) is 2.61. The van der Waals surface area contributed by atoms with Gasteiger partial charge in [-0.3, -0.25) is 0 Å². The first-order valence-electron chi connectivity index (χ1n) is 3.96. The van der Waals surface area contributed by atoms with Gasteiger partial charge in [-0.05, 0) is 18.6 Å². The van der Waals surface area contributed by atoms with Crippen LogP contribution in [0.2, 0.25) is 0 Å². The standard InChI is InChI=1S/C9H11NO/c1-2-6-10-7-4-3-5-8-9(7)11-8/h3-5,10H,2,6H2,1H3. The Labute approximate surface area is 66.2 Å². The highest BCUT2D eigenvalue weighted by atomic mass is 16.6. The fraction of sp³-hybridized carbons (Fsp3) is 0.333. The van der Waals surface area contributed by atoms with E-state index in [1.54, 1.807) is 0 Å². The van der Waals surface area contributed by atoms with Crippen LogP contribution in [0.3, 0.4) is 0 Å². The van der Waals surface area contributed by atoms with Crippen molar-refractivity contribution in [2.24, 2.45) is 0 Å². The Balaban J connectivity index is 2.09. The Morgan fingerprint density at radius 2 is 2.36 bits per heavy atom. The van der Waals surface area contributed by atoms with Crippen LogP contribution in [-0.2, 0) is 0 Å². The van der Waals surface area contributed by atoms with E-state index in [-0.39, 0.29) is 0 Å². The minimum Gasteiger partial charge on any atom is -0.447 e. The average Bonchev–Trinajstić information content (AvgIpc) is 2.79. The van der Waals surface area contributed by atoms with E-state index in [9.17, 15) is 0 Å². The summed E-state index contributed by atoms with van der Waals surface area (Å²) in [6.07, 6.45) is 1.14. The molecule has 0 atom stereocenters. The molecule has 1 heterocycles. The molecule has 0 spiro atoms. The molecule has 2 nitrogen and oxygen atoms in total. The van der Waals surface area contributed by atoms with Gasteiger partial charge in [0.2, 0.25) is 0 Å². The van der Waals surface area contributed by atoms with Gasteiger partial charge in [-0.15, -0.1) is 0 Å². The van der Waals surface area contributed by atoms with Crippen LogP contribution in [-0.4, -0.2) is 6.54 Å². The molecular weight excluding hydrogens is 138 g/mol. The number of hydrogen-bond acceptors (Lipinski definition) is 2. The molecule has 0 aliphatic carbocycles. The fourth-order valence-corrected chi connectivity index (χ4v) is 1.09. The van der Waals surface area contributed by atoms with Gasteiger partial charge < -0.3 is 10.1 Å². The smallest absolute Gasteiger partial charge is 0.193 e. The van der Waals surface area contributed by atoms with Gasteiger partial charge in [0, 0.05) is 6.54 Å². The summed E-state index contributed by atoms with van der Waals surface area (Å²) in [4.78, 5) is 0. The van der Waals surface area contributed by atoms with Crippen molar-refractivity contribution in [2.75, 3.05) is 11.9 Å². The molecule has 1 aromatic rings. The Morgan fingerprint density at radius 3 is 3.18 bits per heavy atom. The molecule has 0 saturated heterocycles. The second-order valence-corrected chi connectivity index (χ2v) is 2.66. The summed E-state index contributed by atoms with van der Waals surface area (Å²) in [5, 5.41) is 3.29. The molecule has 0 saturated carbocycles. The van der Waals surface area contributed by atoms with Crippen LogP contribution in [0.25, 0.3) is 0 Å². The van der Waals surface area contributed by atoms with E-state index in [1.165, 1.54) is 0 Å². The number of hydrogen-bond donors (Lipinski definition) is 1. The van der Waals surface area contributed by atoms with Gasteiger partial charge in [-0.1, -0.05) is 13.0 Å². The summed E-state index contributed by atoms with van der Waals surface area (Å²) in [5.74, 6) is 2.05. The lowest BCUT2D eigenvalue weighted by molar-refractivity contribution is 0.650. The average molecular weight is 149 g/mol. The molecular formula is C9H11NO. The first kappa shape index (κ1) is 6.53. The first-order valence-corrected chi connectivity index (χ1v) is 3.96. The highest BCUT2D eigenvalue weighted by molar-refractivity contribution is 5.72. The molecule has 1 aliphatic rings. The molecule has 2 rings (SSSR count). The molecule has 0 fully saturated rings. The van der Waals surface area contributed by atoms with E-state index in [1.807, 2.05) is 18.2 Å². The van der Waals surface area contributed by atoms with Gasteiger partial charge in [0.25, 0.3) is 0 Å². The molecule has 11 heavy (non-hydrogen) atoms. The van der Waals surface area contributed by atoms with Crippen molar-refractivity contribution in [1.29, 1.82) is 0 Å². The van der Waals surface area contributed by atoms with E-state index in [0.717, 1.165) is 30.2 Å². The van der Waals surface area contributed by atoms with Crippen LogP contribution in [0.15, 0.2) is 18.2 Å². The lowest BCUT2D eigenvalue weighted by Crippen LogP contribution is -1.97. The third-order valence-corrected chi connectivity index (χ3v) is 1.71. The number of anilines is 1. The van der Waals surface area contributed by atoms with Crippen LogP contribution in [0.1, 0.15) is 13.3 Å². The molecule has 2 heteroatoms. The van der Waals surface area contributed by atoms with E-state index in [4.69, 9.17) is 4.74 Å². The van der Waals surface area contributed by atoms with Gasteiger partial charge >= 0.3 is 0 Å². The summed E-state index contributed by atoms with van der Waals surface area (Å²) < 4.78 is 5.20. The zero-order chi connectivity index (χ0) is 7.68. The molecule has 1 aromatic carbocycles. The Morgan fingerprint density at radius 1 is 1.45 bits per heavy atom. The second kappa shape index (κ2) is 2.46. The van der Waals surface area contributed by atoms with Gasteiger partial charge in [0.15, 0.2) is 11.5 Å². The largest absolute Gasteiger partial charge is 0.447 e. The molecule has 0 aromatic heterocycles. The van der Waals surface area contributed by atoms with Crippen LogP contribution < -0.4 is 10.1 Å². The third kappa shape index (κ3) is 1.16. The minimum absolute atomic E-state index is 1.01. The number of rotatable bonds is 3. The lowest BCUT2D eigenvalue weighted by Gasteiger charge is -1.99. The molecule has 58 valence electrons. The topological polar surface area (TPSA) is 24.6 Å². The number of ether oxygens (including phenoxy) is 1. The monoisotopic (exact) mass is 149 g/mol. The van der Waals surface area contributed by atoms with Crippen LogP contribution >= 0.6 is 0 Å². The molecule has 0 unspecified atom stereocenters. The first-order chi connectivity index (χ1) is 5.42. The van der Waals surface area contributed by atoms with E-state index < -0.39 is 0 Å². The molecule has 0 bridgehead atoms. The van der Waals surface area contributed by atoms with Crippen molar-refractivity contribution >= 4 is 5.69 Å². The summed E-state index contributed by atoms with van der Waals surface area (Å²) in [6.45, 7) is 3.16. The maximum Gasteiger partial charge on any atom is 0.193 e. The number of benzene rings is 1. The highest BCUT2D eigenvalue weighted by Crippen LogP contribution is 2.50. The highest BCUT2D eigenvalue weighted by Gasteiger charge is 2.22. The fourth-order valence-electron chi connectivity index (χ4n) is 1.09. The van der Waals surface area contributed by atoms with Gasteiger partial charge in [0.1, 0.15) is 0 Å². The zero-order valence-corrected chi connectivity index (χ0v) is 6.55. The quantitative estimate of drug-likeness (QED) is 0.678. The molecule has 0 radical (unpaired) electrons. The van der Waals surface area contributed by atoms with Crippen molar-refractivity contribution in [1.82, 2.24) is 0 Å². The van der Waals surface area contributed by atoms with Gasteiger partial charge in [-0.2, -0.15) is 0 Å². The molecule has 1 N–H and O–H groups in total. The normalized spacial score (nSPS) is 11.7. The Hall–Kier alpha value is -1.18. The number of fused-ring (bicyclic) bond motifs is 1. The SMILES string of the molecule is CCCNc1cccc2c1O2. The summed E-state index contributed by atoms with van der Waals surface area (Å²) in [5.41, 5.74) is 1.13. The van der Waals surface area contributed by atoms with Gasteiger partial charge in [0.05, 0.1) is 5.69 Å². The summed E-state index contributed by atoms with van der Waals surface area (Å²) >= 11 is 0. The van der Waals surface area contributed by atoms with Gasteiger partial charge in [-0.25, -0.2) is 0 Å². The van der Waals surface area contributed by atoms with Crippen molar-refractivity contribution in [3.8, 4) is 11.5 Å². The van der Waals surface area contributed by atoms with E-state index in [0.29, 0.717) is 0 Å². The van der Waals surface area contributed by atoms with E-state index >= 15 is 0 Å². The summed E-state index contributed by atoms with van der Waals surface area (Å²) in [7, 11) is 0. The summed E-state index contributed by atoms with van der Waals surface area (Å²) in [6, 6.07) is 6.03. The van der Waals surface area contributed by atoms with Crippen LogP contribution in [0.5, 0.6) is 11.5 Å². The zero-order valence-electron chi connectivity index (χ0n) is 6.55. The number of para-hydroxylation sites is 1. The van der Waals surface area contributed by atoms with Crippen molar-refractivity contribution in [3.63, 3.8) is 0 Å². The van der Waals surface area contributed by atoms with Crippen LogP contribution in [0, 0.1) is 0 Å².